The lowest BCUT2D eigenvalue weighted by Crippen LogP contribution is -2.18. The van der Waals surface area contributed by atoms with Crippen molar-refractivity contribution >= 4 is 16.6 Å². The van der Waals surface area contributed by atoms with Crippen LogP contribution in [0.2, 0.25) is 0 Å². The summed E-state index contributed by atoms with van der Waals surface area (Å²) in [7, 11) is 0. The van der Waals surface area contributed by atoms with E-state index in [1.165, 1.54) is 16.3 Å². The van der Waals surface area contributed by atoms with Gasteiger partial charge in [0.1, 0.15) is 5.84 Å². The first kappa shape index (κ1) is 13.4. The number of hydrogen-bond donors (Lipinski definition) is 3. The van der Waals surface area contributed by atoms with Crippen molar-refractivity contribution in [1.29, 1.82) is 0 Å². The summed E-state index contributed by atoms with van der Waals surface area (Å²) in [4.78, 5) is 0. The van der Waals surface area contributed by atoms with Gasteiger partial charge in [-0.25, -0.2) is 0 Å². The Bertz CT molecular complexity index is 561. The van der Waals surface area contributed by atoms with Crippen molar-refractivity contribution in [2.45, 2.75) is 19.4 Å². The number of nitrogens with zero attached hydrogens (tertiary/aromatic N) is 1. The molecule has 4 nitrogen and oxygen atoms in total. The van der Waals surface area contributed by atoms with Crippen molar-refractivity contribution in [3.05, 3.63) is 48.0 Å². The second kappa shape index (κ2) is 6.75. The summed E-state index contributed by atoms with van der Waals surface area (Å²) in [5.74, 6) is 0.284. The molecule has 0 unspecified atom stereocenters. The number of nitrogens with two attached hydrogens (primary N) is 1. The van der Waals surface area contributed by atoms with Crippen molar-refractivity contribution in [3.63, 3.8) is 0 Å². The van der Waals surface area contributed by atoms with Gasteiger partial charge in [0.2, 0.25) is 0 Å². The lowest BCUT2D eigenvalue weighted by Gasteiger charge is -2.08. The Morgan fingerprint density at radius 2 is 1.95 bits per heavy atom. The van der Waals surface area contributed by atoms with Crippen LogP contribution in [-0.2, 0) is 6.54 Å². The highest BCUT2D eigenvalue weighted by atomic mass is 16.4. The van der Waals surface area contributed by atoms with Crippen molar-refractivity contribution in [2.24, 2.45) is 10.9 Å². The minimum atomic E-state index is 0.284. The summed E-state index contributed by atoms with van der Waals surface area (Å²) in [5, 5.41) is 17.3. The molecule has 0 fully saturated rings. The fraction of sp³-hybridized carbons (Fsp3) is 0.267. The third kappa shape index (κ3) is 3.69. The topological polar surface area (TPSA) is 70.6 Å². The number of benzene rings is 2. The van der Waals surface area contributed by atoms with Gasteiger partial charge in [-0.2, -0.15) is 0 Å². The lowest BCUT2D eigenvalue weighted by atomic mass is 10.0. The van der Waals surface area contributed by atoms with E-state index in [0.29, 0.717) is 6.42 Å². The van der Waals surface area contributed by atoms with Gasteiger partial charge < -0.3 is 16.3 Å². The molecule has 0 aliphatic heterocycles. The van der Waals surface area contributed by atoms with Gasteiger partial charge in [0.15, 0.2) is 0 Å². The third-order valence-electron chi connectivity index (χ3n) is 3.11. The molecule has 0 aliphatic carbocycles. The van der Waals surface area contributed by atoms with Crippen LogP contribution in [0.4, 0.5) is 0 Å². The van der Waals surface area contributed by atoms with Crippen LogP contribution in [0.25, 0.3) is 10.8 Å². The molecule has 2 aromatic rings. The molecule has 0 amide bonds. The lowest BCUT2D eigenvalue weighted by molar-refractivity contribution is 0.316. The van der Waals surface area contributed by atoms with E-state index in [9.17, 15) is 0 Å². The summed E-state index contributed by atoms with van der Waals surface area (Å²) in [6.45, 7) is 1.68. The summed E-state index contributed by atoms with van der Waals surface area (Å²) in [6, 6.07) is 14.7. The SMILES string of the molecule is NC(CCCNCc1cccc2ccccc12)=NO. The predicted molar refractivity (Wildman–Crippen MR) is 78.3 cm³/mol. The van der Waals surface area contributed by atoms with E-state index in [1.807, 2.05) is 0 Å². The molecule has 0 saturated carbocycles. The van der Waals surface area contributed by atoms with Gasteiger partial charge in [-0.15, -0.1) is 0 Å². The molecule has 2 rings (SSSR count). The van der Waals surface area contributed by atoms with Crippen LogP contribution in [0.5, 0.6) is 0 Å². The molecule has 0 atom stereocenters. The van der Waals surface area contributed by atoms with Crippen LogP contribution < -0.4 is 11.1 Å². The Morgan fingerprint density at radius 3 is 2.79 bits per heavy atom. The second-order valence-corrected chi connectivity index (χ2v) is 4.51. The fourth-order valence-corrected chi connectivity index (χ4v) is 2.11. The van der Waals surface area contributed by atoms with Crippen LogP contribution in [0.1, 0.15) is 18.4 Å². The van der Waals surface area contributed by atoms with E-state index in [0.717, 1.165) is 19.5 Å². The average molecular weight is 257 g/mol. The molecular weight excluding hydrogens is 238 g/mol. The standard InChI is InChI=1S/C15H19N3O/c16-15(18-19)9-4-10-17-11-13-7-3-6-12-5-1-2-8-14(12)13/h1-3,5-8,17,19H,4,9-11H2,(H2,16,18). The zero-order chi connectivity index (χ0) is 13.5. The molecule has 19 heavy (non-hydrogen) atoms. The Kier molecular flexibility index (Phi) is 4.75. The van der Waals surface area contributed by atoms with Gasteiger partial charge in [0, 0.05) is 13.0 Å². The van der Waals surface area contributed by atoms with E-state index >= 15 is 0 Å². The van der Waals surface area contributed by atoms with Crippen LogP contribution in [0.3, 0.4) is 0 Å². The van der Waals surface area contributed by atoms with E-state index in [1.54, 1.807) is 0 Å². The van der Waals surface area contributed by atoms with Crippen LogP contribution in [0, 0.1) is 0 Å². The van der Waals surface area contributed by atoms with Gasteiger partial charge in [-0.05, 0) is 29.3 Å². The minimum Gasteiger partial charge on any atom is -0.409 e. The first-order valence-corrected chi connectivity index (χ1v) is 6.45. The maximum Gasteiger partial charge on any atom is 0.139 e. The van der Waals surface area contributed by atoms with Gasteiger partial charge >= 0.3 is 0 Å². The highest BCUT2D eigenvalue weighted by Crippen LogP contribution is 2.18. The molecule has 100 valence electrons. The Hall–Kier alpha value is -2.07. The quantitative estimate of drug-likeness (QED) is 0.245. The van der Waals surface area contributed by atoms with E-state index in [-0.39, 0.29) is 5.84 Å². The summed E-state index contributed by atoms with van der Waals surface area (Å²) in [5.41, 5.74) is 6.71. The molecule has 0 saturated heterocycles. The molecule has 0 heterocycles. The maximum atomic E-state index is 8.43. The van der Waals surface area contributed by atoms with Crippen LogP contribution in [0.15, 0.2) is 47.6 Å². The zero-order valence-electron chi connectivity index (χ0n) is 10.8. The number of fused-ring (bicyclic) bond motifs is 1. The van der Waals surface area contributed by atoms with Crippen LogP contribution in [-0.4, -0.2) is 17.6 Å². The Balaban J connectivity index is 1.88. The van der Waals surface area contributed by atoms with Crippen LogP contribution >= 0.6 is 0 Å². The third-order valence-corrected chi connectivity index (χ3v) is 3.11. The normalized spacial score (nSPS) is 11.9. The van der Waals surface area contributed by atoms with Gasteiger partial charge in [-0.1, -0.05) is 47.6 Å². The Morgan fingerprint density at radius 1 is 1.16 bits per heavy atom. The predicted octanol–water partition coefficient (Wildman–Crippen LogP) is 2.46. The fourth-order valence-electron chi connectivity index (χ4n) is 2.11. The first-order valence-electron chi connectivity index (χ1n) is 6.45. The smallest absolute Gasteiger partial charge is 0.139 e. The highest BCUT2D eigenvalue weighted by Gasteiger charge is 1.99. The largest absolute Gasteiger partial charge is 0.409 e. The monoisotopic (exact) mass is 257 g/mol. The van der Waals surface area contributed by atoms with Gasteiger partial charge in [0.05, 0.1) is 0 Å². The van der Waals surface area contributed by atoms with Crippen molar-refractivity contribution in [1.82, 2.24) is 5.32 Å². The number of nitrogens with one attached hydrogen (secondary N) is 1. The van der Waals surface area contributed by atoms with E-state index in [4.69, 9.17) is 10.9 Å². The average Bonchev–Trinajstić information content (AvgIpc) is 2.46. The molecular formula is C15H19N3O. The van der Waals surface area contributed by atoms with E-state index < -0.39 is 0 Å². The van der Waals surface area contributed by atoms with Gasteiger partial charge in [-0.3, -0.25) is 0 Å². The summed E-state index contributed by atoms with van der Waals surface area (Å²) < 4.78 is 0. The summed E-state index contributed by atoms with van der Waals surface area (Å²) >= 11 is 0. The van der Waals surface area contributed by atoms with Crippen molar-refractivity contribution in [3.8, 4) is 0 Å². The molecule has 0 aromatic heterocycles. The Labute approximate surface area is 112 Å². The van der Waals surface area contributed by atoms with Crippen molar-refractivity contribution in [2.75, 3.05) is 6.54 Å². The zero-order valence-corrected chi connectivity index (χ0v) is 10.8. The van der Waals surface area contributed by atoms with Gasteiger partial charge in [0.25, 0.3) is 0 Å². The summed E-state index contributed by atoms with van der Waals surface area (Å²) in [6.07, 6.45) is 1.47. The van der Waals surface area contributed by atoms with Crippen molar-refractivity contribution < 1.29 is 5.21 Å². The molecule has 2 aromatic carbocycles. The molecule has 0 aliphatic rings. The number of rotatable bonds is 6. The minimum absolute atomic E-state index is 0.284. The molecule has 0 bridgehead atoms. The van der Waals surface area contributed by atoms with E-state index in [2.05, 4.69) is 52.9 Å². The number of amidine groups is 1. The second-order valence-electron chi connectivity index (χ2n) is 4.51. The molecule has 0 spiro atoms. The highest BCUT2D eigenvalue weighted by molar-refractivity contribution is 5.85. The molecule has 4 N–H and O–H groups in total. The molecule has 4 heteroatoms. The number of hydrogen-bond acceptors (Lipinski definition) is 3. The first-order chi connectivity index (χ1) is 9.31. The molecule has 0 radical (unpaired) electrons. The number of oxime groups is 1. The maximum absolute atomic E-state index is 8.43.